The molecule has 0 atom stereocenters. The third-order valence-corrected chi connectivity index (χ3v) is 7.39. The minimum atomic E-state index is -0.826. The van der Waals surface area contributed by atoms with Crippen molar-refractivity contribution in [2.24, 2.45) is 5.73 Å². The van der Waals surface area contributed by atoms with Gasteiger partial charge in [-0.15, -0.1) is 0 Å². The number of H-pyrrole nitrogens is 1. The number of nitrogens with zero attached hydrogens (tertiary/aromatic N) is 2. The molecule has 0 unspecified atom stereocenters. The van der Waals surface area contributed by atoms with E-state index in [1.165, 1.54) is 11.1 Å². The van der Waals surface area contributed by atoms with Crippen LogP contribution in [0.25, 0.3) is 10.9 Å². The number of ether oxygens (including phenoxy) is 1. The Morgan fingerprint density at radius 2 is 1.67 bits per heavy atom. The van der Waals surface area contributed by atoms with Crippen LogP contribution in [0.1, 0.15) is 11.1 Å². The Bertz CT molecular complexity index is 1330. The minimum Gasteiger partial charge on any atom is -0.392 e. The van der Waals surface area contributed by atoms with Crippen molar-refractivity contribution in [3.63, 3.8) is 0 Å². The van der Waals surface area contributed by atoms with Gasteiger partial charge in [0.15, 0.2) is 0 Å². The van der Waals surface area contributed by atoms with Gasteiger partial charge in [-0.05, 0) is 48.0 Å². The highest BCUT2D eigenvalue weighted by molar-refractivity contribution is 7.99. The normalized spacial score (nSPS) is 14.5. The van der Waals surface area contributed by atoms with Gasteiger partial charge in [-0.1, -0.05) is 72.4 Å². The highest BCUT2D eigenvalue weighted by atomic mass is 32.2. The first-order valence-electron chi connectivity index (χ1n) is 12.2. The fourth-order valence-corrected chi connectivity index (χ4v) is 5.44. The first kappa shape index (κ1) is 24.0. The molecule has 6 nitrogen and oxygen atoms in total. The number of hydrogen-bond donors (Lipinski definition) is 2. The van der Waals surface area contributed by atoms with Gasteiger partial charge >= 0.3 is 6.09 Å². The molecule has 184 valence electrons. The highest BCUT2D eigenvalue weighted by Crippen LogP contribution is 2.41. The largest absolute Gasteiger partial charge is 0.411 e. The van der Waals surface area contributed by atoms with Crippen molar-refractivity contribution in [2.45, 2.75) is 22.8 Å². The molecule has 1 aromatic heterocycles. The number of nitrogens with one attached hydrogen (secondary N) is 1. The Morgan fingerprint density at radius 1 is 0.944 bits per heavy atom. The monoisotopic (exact) mass is 498 g/mol. The average molecular weight is 499 g/mol. The van der Waals surface area contributed by atoms with E-state index in [4.69, 9.17) is 10.5 Å². The van der Waals surface area contributed by atoms with E-state index < -0.39 is 6.09 Å². The van der Waals surface area contributed by atoms with Crippen molar-refractivity contribution < 1.29 is 9.53 Å². The van der Waals surface area contributed by atoms with E-state index in [-0.39, 0.29) is 0 Å². The number of fused-ring (bicyclic) bond motifs is 1. The first-order valence-corrected chi connectivity index (χ1v) is 13.0. The smallest absolute Gasteiger partial charge is 0.392 e. The number of aromatic nitrogens is 1. The van der Waals surface area contributed by atoms with E-state index in [9.17, 15) is 4.79 Å². The van der Waals surface area contributed by atoms with Gasteiger partial charge in [-0.3, -0.25) is 4.90 Å². The highest BCUT2D eigenvalue weighted by Gasteiger charge is 2.19. The van der Waals surface area contributed by atoms with Crippen molar-refractivity contribution >= 4 is 28.8 Å². The van der Waals surface area contributed by atoms with Crippen molar-refractivity contribution in [1.29, 1.82) is 0 Å². The molecule has 1 amide bonds. The maximum absolute atomic E-state index is 11.5. The molecular formula is C29H30N4O2S. The van der Waals surface area contributed by atoms with E-state index in [0.29, 0.717) is 5.88 Å². The number of carbonyl (C=O) groups is 1. The summed E-state index contributed by atoms with van der Waals surface area (Å²) in [6.45, 7) is 4.95. The predicted octanol–water partition coefficient (Wildman–Crippen LogP) is 5.65. The first-order chi connectivity index (χ1) is 17.6. The van der Waals surface area contributed by atoms with Crippen LogP contribution in [0.4, 0.5) is 4.79 Å². The third kappa shape index (κ3) is 6.11. The van der Waals surface area contributed by atoms with Crippen LogP contribution in [0.5, 0.6) is 5.88 Å². The second-order valence-corrected chi connectivity index (χ2v) is 9.97. The Morgan fingerprint density at radius 3 is 2.39 bits per heavy atom. The maximum atomic E-state index is 11.5. The van der Waals surface area contributed by atoms with Crippen molar-refractivity contribution in [2.75, 3.05) is 26.2 Å². The molecule has 1 aliphatic heterocycles. The number of amides is 1. The van der Waals surface area contributed by atoms with Gasteiger partial charge in [0.25, 0.3) is 0 Å². The zero-order chi connectivity index (χ0) is 24.7. The summed E-state index contributed by atoms with van der Waals surface area (Å²) in [6, 6.07) is 27.0. The summed E-state index contributed by atoms with van der Waals surface area (Å²) >= 11 is 1.56. The summed E-state index contributed by atoms with van der Waals surface area (Å²) in [6.07, 6.45) is 4.63. The summed E-state index contributed by atoms with van der Waals surface area (Å²) in [5.74, 6) is 0.388. The van der Waals surface area contributed by atoms with E-state index in [1.807, 2.05) is 30.3 Å². The molecule has 1 aliphatic rings. The Balaban J connectivity index is 1.25. The molecule has 3 N–H and O–H groups in total. The molecule has 0 radical (unpaired) electrons. The molecule has 2 heterocycles. The van der Waals surface area contributed by atoms with Crippen LogP contribution in [-0.2, 0) is 13.0 Å². The van der Waals surface area contributed by atoms with Crippen molar-refractivity contribution in [3.05, 3.63) is 102 Å². The van der Waals surface area contributed by atoms with Gasteiger partial charge in [0, 0.05) is 48.5 Å². The number of primary amides is 1. The summed E-state index contributed by atoms with van der Waals surface area (Å²) in [7, 11) is 0. The van der Waals surface area contributed by atoms with E-state index >= 15 is 0 Å². The van der Waals surface area contributed by atoms with E-state index in [1.54, 1.807) is 11.8 Å². The van der Waals surface area contributed by atoms with Crippen LogP contribution in [-0.4, -0.2) is 47.1 Å². The molecule has 5 rings (SSSR count). The molecule has 1 fully saturated rings. The maximum Gasteiger partial charge on any atom is 0.411 e. The molecule has 4 aromatic rings. The SMILES string of the molecule is NC(=O)Oc1[nH]c2ccc(CN3CCN(C=CCc4ccccc4)CC3)cc2c1Sc1ccccc1. The lowest BCUT2D eigenvalue weighted by atomic mass is 10.1. The van der Waals surface area contributed by atoms with Crippen LogP contribution in [0, 0.1) is 0 Å². The number of benzene rings is 3. The fraction of sp³-hybridized carbons (Fsp3) is 0.207. The summed E-state index contributed by atoms with van der Waals surface area (Å²) in [5.41, 5.74) is 8.81. The molecule has 0 saturated carbocycles. The molecule has 3 aromatic carbocycles. The number of rotatable bonds is 8. The Kier molecular flexibility index (Phi) is 7.59. The lowest BCUT2D eigenvalue weighted by Gasteiger charge is -2.34. The lowest BCUT2D eigenvalue weighted by molar-refractivity contribution is 0.162. The van der Waals surface area contributed by atoms with Crippen LogP contribution in [0.2, 0.25) is 0 Å². The number of hydrogen-bond acceptors (Lipinski definition) is 5. The van der Waals surface area contributed by atoms with Gasteiger partial charge in [0.05, 0.1) is 4.90 Å². The second kappa shape index (κ2) is 11.4. The van der Waals surface area contributed by atoms with Gasteiger partial charge in [-0.2, -0.15) is 0 Å². The van der Waals surface area contributed by atoms with E-state index in [2.05, 4.69) is 75.6 Å². The van der Waals surface area contributed by atoms with Gasteiger partial charge in [0.1, 0.15) is 0 Å². The molecule has 1 saturated heterocycles. The van der Waals surface area contributed by atoms with Crippen LogP contribution < -0.4 is 10.5 Å². The van der Waals surface area contributed by atoms with E-state index in [0.717, 1.165) is 59.8 Å². The number of aromatic amines is 1. The zero-order valence-electron chi connectivity index (χ0n) is 20.1. The number of piperazine rings is 1. The predicted molar refractivity (Wildman–Crippen MR) is 145 cm³/mol. The molecule has 0 spiro atoms. The Labute approximate surface area is 215 Å². The fourth-order valence-electron chi connectivity index (χ4n) is 4.45. The number of allylic oxidation sites excluding steroid dienone is 1. The van der Waals surface area contributed by atoms with Crippen molar-refractivity contribution in [3.8, 4) is 5.88 Å². The second-order valence-electron chi connectivity index (χ2n) is 8.89. The minimum absolute atomic E-state index is 0.388. The molecular weight excluding hydrogens is 468 g/mol. The molecule has 0 aliphatic carbocycles. The molecule has 0 bridgehead atoms. The van der Waals surface area contributed by atoms with Gasteiger partial charge in [0.2, 0.25) is 5.88 Å². The lowest BCUT2D eigenvalue weighted by Crippen LogP contribution is -2.43. The quantitative estimate of drug-likeness (QED) is 0.328. The summed E-state index contributed by atoms with van der Waals surface area (Å²) in [4.78, 5) is 21.5. The average Bonchev–Trinajstić information content (AvgIpc) is 3.22. The third-order valence-electron chi connectivity index (χ3n) is 6.27. The van der Waals surface area contributed by atoms with Crippen LogP contribution in [0.3, 0.4) is 0 Å². The number of carbonyl (C=O) groups excluding carboxylic acids is 1. The molecule has 7 heteroatoms. The van der Waals surface area contributed by atoms with Crippen LogP contribution >= 0.6 is 11.8 Å². The topological polar surface area (TPSA) is 74.6 Å². The number of nitrogens with two attached hydrogens (primary N) is 1. The van der Waals surface area contributed by atoms with Gasteiger partial charge in [-0.25, -0.2) is 4.79 Å². The summed E-state index contributed by atoms with van der Waals surface area (Å²) < 4.78 is 5.30. The van der Waals surface area contributed by atoms with Crippen LogP contribution in [0.15, 0.2) is 101 Å². The standard InChI is InChI=1S/C29H30N4O2S/c30-29(34)35-28-27(36-24-11-5-2-6-12-24)25-20-23(13-14-26(25)31-28)21-33-18-16-32(17-19-33)15-7-10-22-8-3-1-4-9-22/h1-9,11-15,20,31H,10,16-19,21H2,(H2,30,34). The van der Waals surface area contributed by atoms with Crippen molar-refractivity contribution in [1.82, 2.24) is 14.8 Å². The molecule has 36 heavy (non-hydrogen) atoms. The summed E-state index contributed by atoms with van der Waals surface area (Å²) in [5, 5.41) is 1.03. The Hall–Kier alpha value is -3.68. The van der Waals surface area contributed by atoms with Gasteiger partial charge < -0.3 is 20.4 Å². The zero-order valence-corrected chi connectivity index (χ0v) is 20.9.